The zero-order valence-electron chi connectivity index (χ0n) is 21.3. The van der Waals surface area contributed by atoms with E-state index in [1.54, 1.807) is 12.1 Å². The molecule has 0 unspecified atom stereocenters. The summed E-state index contributed by atoms with van der Waals surface area (Å²) >= 11 is 0. The minimum Gasteiger partial charge on any atom is -0.459 e. The predicted molar refractivity (Wildman–Crippen MR) is 142 cm³/mol. The molecule has 2 aromatic carbocycles. The fourth-order valence-corrected chi connectivity index (χ4v) is 4.29. The maximum atomic E-state index is 13.2. The van der Waals surface area contributed by atoms with Gasteiger partial charge in [-0.2, -0.15) is 0 Å². The predicted octanol–water partition coefficient (Wildman–Crippen LogP) is 7.14. The first-order valence-corrected chi connectivity index (χ1v) is 12.7. The van der Waals surface area contributed by atoms with Crippen LogP contribution in [0.2, 0.25) is 0 Å². The van der Waals surface area contributed by atoms with E-state index in [2.05, 4.69) is 0 Å². The van der Waals surface area contributed by atoms with Crippen LogP contribution >= 0.6 is 0 Å². The molecule has 2 aromatic heterocycles. The molecule has 0 spiro atoms. The molecule has 0 saturated carbocycles. The van der Waals surface area contributed by atoms with E-state index in [9.17, 15) is 9.59 Å². The van der Waals surface area contributed by atoms with Gasteiger partial charge in [0.15, 0.2) is 0 Å². The molecule has 6 heteroatoms. The smallest absolute Gasteiger partial charge is 0.339 e. The molecule has 0 N–H and O–H groups in total. The molecule has 186 valence electrons. The lowest BCUT2D eigenvalue weighted by molar-refractivity contribution is 0.0277. The summed E-state index contributed by atoms with van der Waals surface area (Å²) in [7, 11) is 0. The van der Waals surface area contributed by atoms with Crippen LogP contribution in [0.5, 0.6) is 0 Å². The highest BCUT2D eigenvalue weighted by Crippen LogP contribution is 2.29. The molecule has 4 aromatic rings. The number of fused-ring (bicyclic) bond motifs is 2. The molecule has 36 heavy (non-hydrogen) atoms. The molecule has 4 rings (SSSR count). The molecule has 0 radical (unpaired) electrons. The molecular formula is C30H32N2O4. The van der Waals surface area contributed by atoms with E-state index < -0.39 is 11.9 Å². The number of carbonyl (C=O) groups excluding carboxylic acids is 2. The quantitative estimate of drug-likeness (QED) is 0.235. The summed E-state index contributed by atoms with van der Waals surface area (Å²) in [5.74, 6) is -0.782. The first-order valence-electron chi connectivity index (χ1n) is 12.7. The molecular weight excluding hydrogens is 452 g/mol. The summed E-state index contributed by atoms with van der Waals surface area (Å²) in [6.45, 7) is 8.00. The summed E-state index contributed by atoms with van der Waals surface area (Å²) in [4.78, 5) is 36.0. The average molecular weight is 485 g/mol. The van der Waals surface area contributed by atoms with Gasteiger partial charge in [-0.05, 0) is 49.9 Å². The van der Waals surface area contributed by atoms with Crippen molar-refractivity contribution in [2.24, 2.45) is 0 Å². The van der Waals surface area contributed by atoms with E-state index >= 15 is 0 Å². The van der Waals surface area contributed by atoms with Gasteiger partial charge < -0.3 is 9.47 Å². The fourth-order valence-electron chi connectivity index (χ4n) is 4.29. The number of benzene rings is 2. The molecule has 2 heterocycles. The highest BCUT2D eigenvalue weighted by atomic mass is 16.5. The molecule has 0 bridgehead atoms. The van der Waals surface area contributed by atoms with Gasteiger partial charge in [0.2, 0.25) is 0 Å². The Balaban J connectivity index is 1.86. The van der Waals surface area contributed by atoms with Gasteiger partial charge in [-0.15, -0.1) is 0 Å². The second-order valence-corrected chi connectivity index (χ2v) is 8.83. The summed E-state index contributed by atoms with van der Waals surface area (Å²) in [6.07, 6.45) is 2.66. The highest BCUT2D eigenvalue weighted by Gasteiger charge is 2.21. The number of hydrogen-bond donors (Lipinski definition) is 0. The van der Waals surface area contributed by atoms with Crippen molar-refractivity contribution in [3.05, 3.63) is 71.8 Å². The Kier molecular flexibility index (Phi) is 7.93. The minimum absolute atomic E-state index is 0.155. The summed E-state index contributed by atoms with van der Waals surface area (Å²) < 4.78 is 11.5. The van der Waals surface area contributed by atoms with Crippen molar-refractivity contribution in [2.75, 3.05) is 0 Å². The third-order valence-electron chi connectivity index (χ3n) is 6.50. The van der Waals surface area contributed by atoms with Crippen LogP contribution in [-0.2, 0) is 9.47 Å². The molecule has 0 aliphatic carbocycles. The summed E-state index contributed by atoms with van der Waals surface area (Å²) in [5.41, 5.74) is 3.16. The third-order valence-corrected chi connectivity index (χ3v) is 6.50. The Hall–Kier alpha value is -3.80. The van der Waals surface area contributed by atoms with E-state index in [1.807, 2.05) is 76.2 Å². The number of hydrogen-bond acceptors (Lipinski definition) is 6. The van der Waals surface area contributed by atoms with Gasteiger partial charge in [0.05, 0.1) is 33.5 Å². The van der Waals surface area contributed by atoms with E-state index in [-0.39, 0.29) is 12.2 Å². The van der Waals surface area contributed by atoms with Crippen molar-refractivity contribution < 1.29 is 19.1 Å². The van der Waals surface area contributed by atoms with Crippen molar-refractivity contribution in [3.8, 4) is 11.4 Å². The van der Waals surface area contributed by atoms with Gasteiger partial charge >= 0.3 is 11.9 Å². The Morgan fingerprint density at radius 2 is 1.00 bits per heavy atom. The van der Waals surface area contributed by atoms with Crippen molar-refractivity contribution in [1.29, 1.82) is 0 Å². The fraction of sp³-hybridized carbons (Fsp3) is 0.333. The second kappa shape index (κ2) is 11.3. The van der Waals surface area contributed by atoms with Crippen LogP contribution in [0.4, 0.5) is 0 Å². The Labute approximate surface area is 211 Å². The van der Waals surface area contributed by atoms with E-state index in [0.717, 1.165) is 25.7 Å². The minimum atomic E-state index is -0.391. The Morgan fingerprint density at radius 3 is 1.36 bits per heavy atom. The highest BCUT2D eigenvalue weighted by molar-refractivity contribution is 6.06. The van der Waals surface area contributed by atoms with Crippen LogP contribution in [0.25, 0.3) is 33.2 Å². The van der Waals surface area contributed by atoms with Crippen LogP contribution < -0.4 is 0 Å². The number of esters is 2. The lowest BCUT2D eigenvalue weighted by Gasteiger charge is -2.17. The van der Waals surface area contributed by atoms with E-state index in [1.165, 1.54) is 0 Å². The van der Waals surface area contributed by atoms with Crippen molar-refractivity contribution >= 4 is 33.7 Å². The van der Waals surface area contributed by atoms with Gasteiger partial charge in [0.1, 0.15) is 12.2 Å². The lowest BCUT2D eigenvalue weighted by Crippen LogP contribution is -2.17. The number of aromatic nitrogens is 2. The monoisotopic (exact) mass is 484 g/mol. The molecule has 0 saturated heterocycles. The summed E-state index contributed by atoms with van der Waals surface area (Å²) in [6, 6.07) is 18.4. The lowest BCUT2D eigenvalue weighted by atomic mass is 10.0. The van der Waals surface area contributed by atoms with Crippen molar-refractivity contribution in [3.63, 3.8) is 0 Å². The first kappa shape index (κ1) is 25.3. The topological polar surface area (TPSA) is 78.4 Å². The van der Waals surface area contributed by atoms with Gasteiger partial charge in [-0.1, -0.05) is 64.1 Å². The van der Waals surface area contributed by atoms with Crippen LogP contribution in [-0.4, -0.2) is 34.1 Å². The number of pyridine rings is 2. The van der Waals surface area contributed by atoms with Crippen LogP contribution in [0.1, 0.15) is 74.1 Å². The van der Waals surface area contributed by atoms with Gasteiger partial charge in [0.25, 0.3) is 0 Å². The molecule has 0 aliphatic rings. The maximum absolute atomic E-state index is 13.2. The number of para-hydroxylation sites is 2. The second-order valence-electron chi connectivity index (χ2n) is 8.83. The van der Waals surface area contributed by atoms with Gasteiger partial charge in [0, 0.05) is 10.8 Å². The standard InChI is InChI=1S/C30H32N2O4/c1-5-19(6-2)35-29(33)23-17-27(31-25-15-11-9-13-21(23)25)28-18-24(30(34)36-20(7-3)8-4)22-14-10-12-16-26(22)32-28/h9-20H,5-8H2,1-4H3. The number of rotatable bonds is 9. The van der Waals surface area contributed by atoms with Crippen LogP contribution in [0.15, 0.2) is 60.7 Å². The Bertz CT molecular complexity index is 1280. The number of ether oxygens (including phenoxy) is 2. The summed E-state index contributed by atoms with van der Waals surface area (Å²) in [5, 5.41) is 1.43. The van der Waals surface area contributed by atoms with E-state index in [0.29, 0.717) is 44.3 Å². The van der Waals surface area contributed by atoms with Crippen molar-refractivity contribution in [2.45, 2.75) is 65.6 Å². The molecule has 0 aliphatic heterocycles. The molecule has 6 nitrogen and oxygen atoms in total. The van der Waals surface area contributed by atoms with Gasteiger partial charge in [-0.25, -0.2) is 19.6 Å². The zero-order chi connectivity index (χ0) is 25.7. The van der Waals surface area contributed by atoms with Crippen molar-refractivity contribution in [1.82, 2.24) is 9.97 Å². The number of carbonyl (C=O) groups is 2. The van der Waals surface area contributed by atoms with E-state index in [4.69, 9.17) is 19.4 Å². The molecule has 0 atom stereocenters. The zero-order valence-corrected chi connectivity index (χ0v) is 21.3. The maximum Gasteiger partial charge on any atom is 0.339 e. The molecule has 0 amide bonds. The Morgan fingerprint density at radius 1 is 0.639 bits per heavy atom. The normalized spacial score (nSPS) is 11.4. The third kappa shape index (κ3) is 5.23. The molecule has 0 fully saturated rings. The average Bonchev–Trinajstić information content (AvgIpc) is 2.92. The van der Waals surface area contributed by atoms with Gasteiger partial charge in [-0.3, -0.25) is 0 Å². The van der Waals surface area contributed by atoms with Crippen LogP contribution in [0, 0.1) is 0 Å². The number of nitrogens with zero attached hydrogens (tertiary/aromatic N) is 2. The van der Waals surface area contributed by atoms with Crippen LogP contribution in [0.3, 0.4) is 0 Å². The SMILES string of the molecule is CCC(CC)OC(=O)c1cc(-c2cc(C(=O)OC(CC)CC)c3ccccc3n2)nc2ccccc12. The largest absolute Gasteiger partial charge is 0.459 e. The first-order chi connectivity index (χ1) is 17.5.